The molecule has 2 atom stereocenters. The Balaban J connectivity index is 1.59. The number of likely N-dealkylation sites (tertiary alicyclic amines) is 1. The van der Waals surface area contributed by atoms with Gasteiger partial charge in [0.05, 0.1) is 0 Å². The topological polar surface area (TPSA) is 56.7 Å². The number of nitrogens with one attached hydrogen (secondary N) is 2. The monoisotopic (exact) mass is 392 g/mol. The molecular weight excluding hydrogens is 360 g/mol. The standard InChI is InChI=1S/C24H32N4O/c1-4-26-23(29)21-12-8-9-19(15-21)16-27-24(25-3)28-14-13-22(18(2)17-28)20-10-6-5-7-11-20/h5-12,15,18,22H,4,13-14,16-17H2,1-3H3,(H,25,27)(H,26,29). The lowest BCUT2D eigenvalue weighted by Gasteiger charge is -2.39. The summed E-state index contributed by atoms with van der Waals surface area (Å²) in [4.78, 5) is 18.9. The largest absolute Gasteiger partial charge is 0.352 e. The van der Waals surface area contributed by atoms with Crippen molar-refractivity contribution in [2.24, 2.45) is 10.9 Å². The average molecular weight is 393 g/mol. The smallest absolute Gasteiger partial charge is 0.251 e. The number of carbonyl (C=O) groups excluding carboxylic acids is 1. The maximum absolute atomic E-state index is 12.1. The zero-order valence-electron chi connectivity index (χ0n) is 17.7. The van der Waals surface area contributed by atoms with Crippen LogP contribution in [0.2, 0.25) is 0 Å². The molecule has 0 spiro atoms. The van der Waals surface area contributed by atoms with E-state index >= 15 is 0 Å². The number of piperidine rings is 1. The first-order valence-corrected chi connectivity index (χ1v) is 10.5. The van der Waals surface area contributed by atoms with E-state index in [0.717, 1.165) is 31.0 Å². The van der Waals surface area contributed by atoms with Gasteiger partial charge in [-0.2, -0.15) is 0 Å². The van der Waals surface area contributed by atoms with Crippen LogP contribution in [0.25, 0.3) is 0 Å². The molecule has 0 bridgehead atoms. The maximum atomic E-state index is 12.1. The normalized spacial score (nSPS) is 19.7. The Bertz CT molecular complexity index is 834. The zero-order valence-corrected chi connectivity index (χ0v) is 17.7. The Hall–Kier alpha value is -2.82. The van der Waals surface area contributed by atoms with Gasteiger partial charge < -0.3 is 15.5 Å². The van der Waals surface area contributed by atoms with Crippen LogP contribution in [-0.2, 0) is 6.54 Å². The average Bonchev–Trinajstić information content (AvgIpc) is 2.75. The van der Waals surface area contributed by atoms with Crippen LogP contribution in [0.5, 0.6) is 0 Å². The van der Waals surface area contributed by atoms with Gasteiger partial charge in [-0.05, 0) is 48.4 Å². The van der Waals surface area contributed by atoms with Gasteiger partial charge in [0.1, 0.15) is 0 Å². The highest BCUT2D eigenvalue weighted by Gasteiger charge is 2.28. The van der Waals surface area contributed by atoms with Gasteiger partial charge in [0.25, 0.3) is 5.91 Å². The Morgan fingerprint density at radius 2 is 1.93 bits per heavy atom. The molecule has 2 N–H and O–H groups in total. The van der Waals surface area contributed by atoms with Gasteiger partial charge in [-0.15, -0.1) is 0 Å². The molecule has 1 fully saturated rings. The molecule has 3 rings (SSSR count). The van der Waals surface area contributed by atoms with E-state index in [9.17, 15) is 4.79 Å². The van der Waals surface area contributed by atoms with E-state index in [-0.39, 0.29) is 5.91 Å². The van der Waals surface area contributed by atoms with Gasteiger partial charge in [-0.25, -0.2) is 0 Å². The minimum atomic E-state index is -0.0319. The highest BCUT2D eigenvalue weighted by atomic mass is 16.1. The van der Waals surface area contributed by atoms with Crippen molar-refractivity contribution < 1.29 is 4.79 Å². The fourth-order valence-corrected chi connectivity index (χ4v) is 4.13. The second-order valence-electron chi connectivity index (χ2n) is 7.69. The summed E-state index contributed by atoms with van der Waals surface area (Å²) in [6.45, 7) is 7.50. The minimum absolute atomic E-state index is 0.0319. The van der Waals surface area contributed by atoms with Gasteiger partial charge >= 0.3 is 0 Å². The molecule has 1 heterocycles. The molecule has 0 aromatic heterocycles. The predicted octanol–water partition coefficient (Wildman–Crippen LogP) is 3.64. The van der Waals surface area contributed by atoms with Crippen LogP contribution >= 0.6 is 0 Å². The summed E-state index contributed by atoms with van der Waals surface area (Å²) in [5.74, 6) is 2.05. The molecule has 1 amide bonds. The van der Waals surface area contributed by atoms with Crippen LogP contribution < -0.4 is 10.6 Å². The number of amides is 1. The number of benzene rings is 2. The Labute approximate surface area is 174 Å². The van der Waals surface area contributed by atoms with Crippen LogP contribution in [0.15, 0.2) is 59.6 Å². The van der Waals surface area contributed by atoms with Crippen LogP contribution in [0, 0.1) is 5.92 Å². The predicted molar refractivity (Wildman–Crippen MR) is 119 cm³/mol. The molecule has 5 heteroatoms. The summed E-state index contributed by atoms with van der Waals surface area (Å²) in [6.07, 6.45) is 1.12. The van der Waals surface area contributed by atoms with Crippen LogP contribution in [0.4, 0.5) is 0 Å². The second-order valence-corrected chi connectivity index (χ2v) is 7.69. The van der Waals surface area contributed by atoms with Crippen LogP contribution in [0.1, 0.15) is 47.7 Å². The quantitative estimate of drug-likeness (QED) is 0.603. The zero-order chi connectivity index (χ0) is 20.6. The number of hydrogen-bond acceptors (Lipinski definition) is 2. The molecule has 2 aromatic carbocycles. The Morgan fingerprint density at radius 1 is 1.14 bits per heavy atom. The Kier molecular flexibility index (Phi) is 7.28. The van der Waals surface area contributed by atoms with Gasteiger partial charge in [-0.3, -0.25) is 9.79 Å². The van der Waals surface area contributed by atoms with Crippen molar-refractivity contribution in [1.29, 1.82) is 0 Å². The molecule has 0 aliphatic carbocycles. The lowest BCUT2D eigenvalue weighted by Crippen LogP contribution is -2.47. The van der Waals surface area contributed by atoms with E-state index in [1.54, 1.807) is 0 Å². The highest BCUT2D eigenvalue weighted by Crippen LogP contribution is 2.32. The number of aliphatic imine (C=N–C) groups is 1. The maximum Gasteiger partial charge on any atom is 0.251 e. The van der Waals surface area contributed by atoms with Crippen molar-refractivity contribution in [3.05, 3.63) is 71.3 Å². The summed E-state index contributed by atoms with van der Waals surface area (Å²) in [7, 11) is 1.83. The van der Waals surface area contributed by atoms with Crippen molar-refractivity contribution in [3.8, 4) is 0 Å². The molecule has 1 aliphatic rings. The van der Waals surface area contributed by atoms with E-state index < -0.39 is 0 Å². The first-order chi connectivity index (χ1) is 14.1. The summed E-state index contributed by atoms with van der Waals surface area (Å²) >= 11 is 0. The van der Waals surface area contributed by atoms with E-state index in [4.69, 9.17) is 0 Å². The third-order valence-electron chi connectivity index (χ3n) is 5.62. The number of guanidine groups is 1. The number of hydrogen-bond donors (Lipinski definition) is 2. The SMILES string of the molecule is CCNC(=O)c1cccc(CNC(=NC)N2CCC(c3ccccc3)C(C)C2)c1. The third-order valence-corrected chi connectivity index (χ3v) is 5.62. The number of carbonyl (C=O) groups is 1. The van der Waals surface area contributed by atoms with Crippen molar-refractivity contribution in [2.45, 2.75) is 32.7 Å². The van der Waals surface area contributed by atoms with Crippen molar-refractivity contribution in [2.75, 3.05) is 26.7 Å². The van der Waals surface area contributed by atoms with Crippen LogP contribution in [0.3, 0.4) is 0 Å². The van der Waals surface area contributed by atoms with Crippen molar-refractivity contribution in [1.82, 2.24) is 15.5 Å². The van der Waals surface area contributed by atoms with E-state index in [2.05, 4.69) is 57.8 Å². The first kappa shape index (κ1) is 20.9. The molecule has 0 saturated carbocycles. The molecule has 2 aromatic rings. The molecule has 2 unspecified atom stereocenters. The minimum Gasteiger partial charge on any atom is -0.352 e. The second kappa shape index (κ2) is 10.1. The summed E-state index contributed by atoms with van der Waals surface area (Å²) in [6, 6.07) is 18.6. The summed E-state index contributed by atoms with van der Waals surface area (Å²) < 4.78 is 0. The number of nitrogens with zero attached hydrogens (tertiary/aromatic N) is 2. The van der Waals surface area contributed by atoms with E-state index in [1.165, 1.54) is 5.56 Å². The third kappa shape index (κ3) is 5.37. The molecule has 0 radical (unpaired) electrons. The molecule has 154 valence electrons. The van der Waals surface area contributed by atoms with Crippen molar-refractivity contribution >= 4 is 11.9 Å². The van der Waals surface area contributed by atoms with Crippen LogP contribution in [-0.4, -0.2) is 43.4 Å². The van der Waals surface area contributed by atoms with E-state index in [1.807, 2.05) is 38.2 Å². The molecular formula is C24H32N4O. The Morgan fingerprint density at radius 3 is 2.62 bits per heavy atom. The van der Waals surface area contributed by atoms with Gasteiger partial charge in [0.2, 0.25) is 0 Å². The van der Waals surface area contributed by atoms with Gasteiger partial charge in [-0.1, -0.05) is 49.4 Å². The first-order valence-electron chi connectivity index (χ1n) is 10.5. The van der Waals surface area contributed by atoms with Gasteiger partial charge in [0, 0.05) is 38.8 Å². The summed E-state index contributed by atoms with van der Waals surface area (Å²) in [5.41, 5.74) is 3.20. The van der Waals surface area contributed by atoms with Crippen molar-refractivity contribution in [3.63, 3.8) is 0 Å². The molecule has 1 aliphatic heterocycles. The lowest BCUT2D eigenvalue weighted by atomic mass is 9.82. The molecule has 5 nitrogen and oxygen atoms in total. The highest BCUT2D eigenvalue weighted by molar-refractivity contribution is 5.94. The van der Waals surface area contributed by atoms with E-state index in [0.29, 0.717) is 30.5 Å². The molecule has 1 saturated heterocycles. The summed E-state index contributed by atoms with van der Waals surface area (Å²) in [5, 5.41) is 6.32. The fraction of sp³-hybridized carbons (Fsp3) is 0.417. The lowest BCUT2D eigenvalue weighted by molar-refractivity contribution is 0.0955. The number of rotatable bonds is 5. The fourth-order valence-electron chi connectivity index (χ4n) is 4.13. The molecule has 29 heavy (non-hydrogen) atoms. The van der Waals surface area contributed by atoms with Gasteiger partial charge in [0.15, 0.2) is 5.96 Å².